The molecule has 0 bridgehead atoms. The molecule has 1 aromatic rings. The summed E-state index contributed by atoms with van der Waals surface area (Å²) in [5.74, 6) is 0.669. The normalized spacial score (nSPS) is 12.3. The van der Waals surface area contributed by atoms with Crippen molar-refractivity contribution in [2.75, 3.05) is 20.7 Å². The van der Waals surface area contributed by atoms with Gasteiger partial charge < -0.3 is 15.4 Å². The zero-order chi connectivity index (χ0) is 15.0. The van der Waals surface area contributed by atoms with Crippen molar-refractivity contribution in [3.63, 3.8) is 0 Å². The third-order valence-electron chi connectivity index (χ3n) is 2.48. The molecule has 0 amide bonds. The molecule has 0 aromatic heterocycles. The van der Waals surface area contributed by atoms with Gasteiger partial charge in [0.1, 0.15) is 6.61 Å². The van der Waals surface area contributed by atoms with E-state index in [1.165, 1.54) is 0 Å². The summed E-state index contributed by atoms with van der Waals surface area (Å²) in [5, 5.41) is 5.96. The Balaban J connectivity index is 2.40. The van der Waals surface area contributed by atoms with Gasteiger partial charge in [-0.1, -0.05) is 24.3 Å². The number of benzene rings is 1. The first-order chi connectivity index (χ1) is 9.44. The molecule has 0 spiro atoms. The van der Waals surface area contributed by atoms with E-state index >= 15 is 0 Å². The van der Waals surface area contributed by atoms with Gasteiger partial charge in [-0.2, -0.15) is 13.2 Å². The largest absolute Gasteiger partial charge is 0.411 e. The molecule has 1 aromatic carbocycles. The fourth-order valence-electron chi connectivity index (χ4n) is 1.50. The van der Waals surface area contributed by atoms with E-state index in [0.717, 1.165) is 5.56 Å². The number of nitrogens with zero attached hydrogens (tertiary/aromatic N) is 1. The number of rotatable bonds is 5. The second-order valence-electron chi connectivity index (χ2n) is 4.10. The Labute approximate surface area is 116 Å². The first-order valence-electron chi connectivity index (χ1n) is 6.05. The third kappa shape index (κ3) is 6.42. The molecule has 0 heterocycles. The summed E-state index contributed by atoms with van der Waals surface area (Å²) in [5.41, 5.74) is 1.71. The van der Waals surface area contributed by atoms with Crippen LogP contribution in [0.1, 0.15) is 11.1 Å². The summed E-state index contributed by atoms with van der Waals surface area (Å²) < 4.78 is 40.3. The molecule has 7 heteroatoms. The van der Waals surface area contributed by atoms with Crippen molar-refractivity contribution in [1.82, 2.24) is 10.6 Å². The van der Waals surface area contributed by atoms with Crippen LogP contribution in [0.2, 0.25) is 0 Å². The zero-order valence-corrected chi connectivity index (χ0v) is 11.4. The topological polar surface area (TPSA) is 45.7 Å². The van der Waals surface area contributed by atoms with Crippen molar-refractivity contribution in [2.24, 2.45) is 4.99 Å². The highest BCUT2D eigenvalue weighted by molar-refractivity contribution is 5.79. The van der Waals surface area contributed by atoms with Gasteiger partial charge in [-0.15, -0.1) is 0 Å². The molecule has 0 saturated heterocycles. The van der Waals surface area contributed by atoms with Crippen molar-refractivity contribution in [3.8, 4) is 0 Å². The van der Waals surface area contributed by atoms with Gasteiger partial charge in [-0.3, -0.25) is 4.99 Å². The van der Waals surface area contributed by atoms with Crippen LogP contribution in [0.5, 0.6) is 0 Å². The van der Waals surface area contributed by atoms with Gasteiger partial charge in [0, 0.05) is 20.6 Å². The van der Waals surface area contributed by atoms with Crippen molar-refractivity contribution in [2.45, 2.75) is 19.3 Å². The molecule has 0 aliphatic carbocycles. The maximum absolute atomic E-state index is 11.9. The molecule has 0 aliphatic heterocycles. The summed E-state index contributed by atoms with van der Waals surface area (Å²) >= 11 is 0. The molecule has 4 nitrogen and oxygen atoms in total. The molecular formula is C13H18F3N3O. The van der Waals surface area contributed by atoms with E-state index < -0.39 is 12.8 Å². The van der Waals surface area contributed by atoms with Crippen LogP contribution in [0.15, 0.2) is 29.3 Å². The summed E-state index contributed by atoms with van der Waals surface area (Å²) in [7, 11) is 3.43. The number of halogens is 3. The maximum Gasteiger partial charge on any atom is 0.411 e. The van der Waals surface area contributed by atoms with Crippen molar-refractivity contribution in [1.29, 1.82) is 0 Å². The van der Waals surface area contributed by atoms with Gasteiger partial charge in [0.05, 0.1) is 6.61 Å². The van der Waals surface area contributed by atoms with Crippen LogP contribution >= 0.6 is 0 Å². The quantitative estimate of drug-likeness (QED) is 0.644. The number of nitrogens with one attached hydrogen (secondary N) is 2. The predicted octanol–water partition coefficient (Wildman–Crippen LogP) is 2.06. The Morgan fingerprint density at radius 3 is 2.30 bits per heavy atom. The Bertz CT molecular complexity index is 429. The molecule has 2 N–H and O–H groups in total. The number of guanidine groups is 1. The highest BCUT2D eigenvalue weighted by Crippen LogP contribution is 2.15. The van der Waals surface area contributed by atoms with Crippen molar-refractivity contribution < 1.29 is 17.9 Å². The van der Waals surface area contributed by atoms with E-state index in [9.17, 15) is 13.2 Å². The second kappa shape index (κ2) is 7.74. The molecule has 112 valence electrons. The molecule has 0 fully saturated rings. The van der Waals surface area contributed by atoms with Crippen LogP contribution in [0.25, 0.3) is 0 Å². The summed E-state index contributed by atoms with van der Waals surface area (Å²) in [4.78, 5) is 3.97. The zero-order valence-electron chi connectivity index (χ0n) is 11.4. The van der Waals surface area contributed by atoms with Crippen molar-refractivity contribution in [3.05, 3.63) is 35.4 Å². The average molecular weight is 289 g/mol. The predicted molar refractivity (Wildman–Crippen MR) is 71.4 cm³/mol. The lowest BCUT2D eigenvalue weighted by Gasteiger charge is -2.10. The molecule has 20 heavy (non-hydrogen) atoms. The highest BCUT2D eigenvalue weighted by atomic mass is 19.4. The van der Waals surface area contributed by atoms with Crippen LogP contribution in [-0.2, 0) is 17.9 Å². The molecule has 0 saturated carbocycles. The number of hydrogen-bond donors (Lipinski definition) is 2. The summed E-state index contributed by atoms with van der Waals surface area (Å²) in [6.07, 6.45) is -4.28. The van der Waals surface area contributed by atoms with Crippen LogP contribution in [0.3, 0.4) is 0 Å². The number of ether oxygens (including phenoxy) is 1. The van der Waals surface area contributed by atoms with Gasteiger partial charge in [0.2, 0.25) is 0 Å². The molecule has 1 rings (SSSR count). The number of alkyl halides is 3. The Kier molecular flexibility index (Phi) is 6.30. The van der Waals surface area contributed by atoms with E-state index in [0.29, 0.717) is 18.1 Å². The first-order valence-corrected chi connectivity index (χ1v) is 6.05. The average Bonchev–Trinajstić information content (AvgIpc) is 2.40. The van der Waals surface area contributed by atoms with E-state index in [4.69, 9.17) is 0 Å². The Hall–Kier alpha value is -1.76. The van der Waals surface area contributed by atoms with E-state index in [1.807, 2.05) is 12.1 Å². The van der Waals surface area contributed by atoms with Crippen LogP contribution in [-0.4, -0.2) is 32.8 Å². The van der Waals surface area contributed by atoms with Crippen LogP contribution in [0.4, 0.5) is 13.2 Å². The lowest BCUT2D eigenvalue weighted by molar-refractivity contribution is -0.176. The lowest BCUT2D eigenvalue weighted by atomic mass is 10.1. The SMILES string of the molecule is CN=C(NC)NCc1ccc(COCC(F)(F)F)cc1. The number of hydrogen-bond acceptors (Lipinski definition) is 2. The highest BCUT2D eigenvalue weighted by Gasteiger charge is 2.27. The van der Waals surface area contributed by atoms with E-state index in [-0.39, 0.29) is 6.61 Å². The minimum Gasteiger partial charge on any atom is -0.367 e. The third-order valence-corrected chi connectivity index (χ3v) is 2.48. The van der Waals surface area contributed by atoms with Gasteiger partial charge in [0.15, 0.2) is 5.96 Å². The van der Waals surface area contributed by atoms with Gasteiger partial charge in [0.25, 0.3) is 0 Å². The van der Waals surface area contributed by atoms with Crippen LogP contribution < -0.4 is 10.6 Å². The second-order valence-corrected chi connectivity index (χ2v) is 4.10. The summed E-state index contributed by atoms with van der Waals surface area (Å²) in [6, 6.07) is 7.16. The van der Waals surface area contributed by atoms with Gasteiger partial charge in [-0.05, 0) is 11.1 Å². The lowest BCUT2D eigenvalue weighted by Crippen LogP contribution is -2.34. The van der Waals surface area contributed by atoms with E-state index in [1.54, 1.807) is 26.2 Å². The van der Waals surface area contributed by atoms with Crippen molar-refractivity contribution >= 4 is 5.96 Å². The molecule has 0 radical (unpaired) electrons. The first kappa shape index (κ1) is 16.3. The fraction of sp³-hybridized carbons (Fsp3) is 0.462. The smallest absolute Gasteiger partial charge is 0.367 e. The number of aliphatic imine (C=N–C) groups is 1. The Morgan fingerprint density at radius 1 is 1.20 bits per heavy atom. The molecular weight excluding hydrogens is 271 g/mol. The molecule has 0 atom stereocenters. The minimum absolute atomic E-state index is 0.0502. The van der Waals surface area contributed by atoms with Gasteiger partial charge in [-0.25, -0.2) is 0 Å². The standard InChI is InChI=1S/C13H18F3N3O/c1-17-12(18-2)19-7-10-3-5-11(6-4-10)8-20-9-13(14,15)16/h3-6H,7-9H2,1-2H3,(H2,17,18,19). The molecule has 0 unspecified atom stereocenters. The van der Waals surface area contributed by atoms with Gasteiger partial charge >= 0.3 is 6.18 Å². The Morgan fingerprint density at radius 2 is 1.80 bits per heavy atom. The van der Waals surface area contributed by atoms with Crippen LogP contribution in [0, 0.1) is 0 Å². The van der Waals surface area contributed by atoms with E-state index in [2.05, 4.69) is 20.4 Å². The summed E-state index contributed by atoms with van der Waals surface area (Å²) in [6.45, 7) is -0.697. The minimum atomic E-state index is -4.28. The fourth-order valence-corrected chi connectivity index (χ4v) is 1.50. The molecule has 0 aliphatic rings. The maximum atomic E-state index is 11.9. The monoisotopic (exact) mass is 289 g/mol.